The molecule has 0 radical (unpaired) electrons. The molecule has 2 aliphatic rings. The smallest absolute Gasteiger partial charge is 0.338 e. The lowest BCUT2D eigenvalue weighted by Gasteiger charge is -2.35. The molecule has 5 aromatic rings. The predicted molar refractivity (Wildman–Crippen MR) is 209 cm³/mol. The number of rotatable bonds is 9. The second-order valence-corrected chi connectivity index (χ2v) is 14.4. The third-order valence-electron chi connectivity index (χ3n) is 10.3. The summed E-state index contributed by atoms with van der Waals surface area (Å²) in [5.74, 6) is -17.0. The number of carbonyl (C=O) groups excluding carboxylic acids is 2. The van der Waals surface area contributed by atoms with Gasteiger partial charge in [-0.3, -0.25) is 9.59 Å². The maximum Gasteiger partial charge on any atom is 0.338 e. The fourth-order valence-electron chi connectivity index (χ4n) is 7.31. The zero-order chi connectivity index (χ0) is 46.6. The minimum atomic E-state index is -1.87. The second kappa shape index (κ2) is 16.2. The summed E-state index contributed by atoms with van der Waals surface area (Å²) in [5.41, 5.74) is -4.02. The third kappa shape index (κ3) is 7.88. The number of ether oxygens (including phenoxy) is 4. The van der Waals surface area contributed by atoms with E-state index in [4.69, 9.17) is 18.9 Å². The monoisotopic (exact) mass is 888 g/mol. The van der Waals surface area contributed by atoms with E-state index in [1.165, 1.54) is 0 Å². The Morgan fingerprint density at radius 1 is 0.578 bits per heavy atom. The number of hydrogen-bond donors (Lipinski definition) is 13. The first-order valence-corrected chi connectivity index (χ1v) is 18.4. The van der Waals surface area contributed by atoms with Gasteiger partial charge in [0.2, 0.25) is 5.43 Å². The van der Waals surface area contributed by atoms with E-state index in [-0.39, 0.29) is 16.9 Å². The SMILES string of the molecule is O=C(O)CC1=C(C(=O)O)C[C@@H](OC(=O)c2cc(O)c(O)c(O)c2)[C@@H](c2cc(O)c(=O)c3c(O)c(O)cc([C@H]4Oc5cc(O)cc(O)c5C[C@H]4OC(=O)c4cc(O)c(O)c(O)c4)c3c2)O1. The summed E-state index contributed by atoms with van der Waals surface area (Å²) in [7, 11) is 0. The Bertz CT molecular complexity index is 2890. The summed E-state index contributed by atoms with van der Waals surface area (Å²) in [6, 6.07) is 7.41. The molecule has 7 rings (SSSR count). The van der Waals surface area contributed by atoms with Crippen LogP contribution in [0.3, 0.4) is 0 Å². The van der Waals surface area contributed by atoms with Crippen LogP contribution in [0.15, 0.2) is 70.7 Å². The van der Waals surface area contributed by atoms with Crippen molar-refractivity contribution in [3.05, 3.63) is 104 Å². The van der Waals surface area contributed by atoms with Gasteiger partial charge in [-0.15, -0.1) is 0 Å². The molecule has 0 aliphatic carbocycles. The number of esters is 2. The van der Waals surface area contributed by atoms with Crippen LogP contribution in [0.5, 0.6) is 69.0 Å². The van der Waals surface area contributed by atoms with E-state index in [2.05, 4.69) is 0 Å². The molecule has 4 atom stereocenters. The molecule has 0 spiro atoms. The van der Waals surface area contributed by atoms with E-state index >= 15 is 0 Å². The minimum Gasteiger partial charge on any atom is -0.508 e. The van der Waals surface area contributed by atoms with Gasteiger partial charge >= 0.3 is 23.9 Å². The van der Waals surface area contributed by atoms with Gasteiger partial charge in [0.15, 0.2) is 64.0 Å². The van der Waals surface area contributed by atoms with Gasteiger partial charge in [-0.2, -0.15) is 0 Å². The second-order valence-electron chi connectivity index (χ2n) is 14.4. The molecule has 64 heavy (non-hydrogen) atoms. The van der Waals surface area contributed by atoms with Gasteiger partial charge < -0.3 is 85.3 Å². The van der Waals surface area contributed by atoms with Crippen LogP contribution < -0.4 is 10.2 Å². The molecule has 2 heterocycles. The van der Waals surface area contributed by atoms with Crippen molar-refractivity contribution in [1.82, 2.24) is 0 Å². The largest absolute Gasteiger partial charge is 0.508 e. The van der Waals surface area contributed by atoms with Crippen molar-refractivity contribution < 1.29 is 105 Å². The van der Waals surface area contributed by atoms with Gasteiger partial charge in [0.1, 0.15) is 41.6 Å². The molecule has 22 heteroatoms. The third-order valence-corrected chi connectivity index (χ3v) is 10.3. The minimum absolute atomic E-state index is 0.0496. The molecule has 0 saturated carbocycles. The van der Waals surface area contributed by atoms with E-state index in [1.807, 2.05) is 0 Å². The zero-order valence-corrected chi connectivity index (χ0v) is 32.1. The fourth-order valence-corrected chi connectivity index (χ4v) is 7.31. The summed E-state index contributed by atoms with van der Waals surface area (Å²) in [6.07, 6.45) is -9.41. The van der Waals surface area contributed by atoms with Gasteiger partial charge in [0.05, 0.1) is 22.1 Å². The van der Waals surface area contributed by atoms with Crippen LogP contribution >= 0.6 is 0 Å². The highest BCUT2D eigenvalue weighted by Gasteiger charge is 2.42. The van der Waals surface area contributed by atoms with Crippen molar-refractivity contribution in [3.63, 3.8) is 0 Å². The Labute approximate surface area is 355 Å². The highest BCUT2D eigenvalue weighted by Crippen LogP contribution is 2.48. The predicted octanol–water partition coefficient (Wildman–Crippen LogP) is 3.36. The number of carboxylic acids is 2. The Morgan fingerprint density at radius 3 is 1.64 bits per heavy atom. The van der Waals surface area contributed by atoms with Crippen LogP contribution in [0.25, 0.3) is 10.8 Å². The van der Waals surface area contributed by atoms with Crippen LogP contribution in [0.1, 0.15) is 62.5 Å². The Morgan fingerprint density at radius 2 is 1.11 bits per heavy atom. The molecule has 0 aromatic heterocycles. The Hall–Kier alpha value is -8.95. The van der Waals surface area contributed by atoms with Crippen molar-refractivity contribution in [3.8, 4) is 69.0 Å². The first-order valence-electron chi connectivity index (χ1n) is 18.4. The molecule has 13 N–H and O–H groups in total. The standard InChI is InChI=1S/C42H32O22/c43-16-7-21(44)19-10-31(64-42(60)15-5-24(47)35(54)25(48)6-15)39(62-28(19)8-16)18-9-27(50)37(56)33-17(18)1-13(2-26(49)36(33)55)38-30(11-20(40(57)58)29(61-38)12-32(51)52)63-41(59)14-3-22(45)34(53)23(46)4-14/h1-9,30-31,38-39,43-48,50,53-54,56H,10-12H2,(H,49,55)(H,51,52)(H,57,58)/t30-,31-,38-,39-/m1/s1. The summed E-state index contributed by atoms with van der Waals surface area (Å²) < 4.78 is 23.3. The number of phenolic OH excluding ortho intramolecular Hbond substituents is 10. The first kappa shape index (κ1) is 43.1. The molecule has 0 saturated heterocycles. The first-order chi connectivity index (χ1) is 30.1. The van der Waals surface area contributed by atoms with Gasteiger partial charge in [-0.25, -0.2) is 14.4 Å². The van der Waals surface area contributed by atoms with E-state index in [0.717, 1.165) is 42.5 Å². The molecule has 22 nitrogen and oxygen atoms in total. The van der Waals surface area contributed by atoms with Crippen molar-refractivity contribution in [2.45, 2.75) is 43.7 Å². The normalized spacial score (nSPS) is 18.0. The number of fused-ring (bicyclic) bond motifs is 2. The van der Waals surface area contributed by atoms with Crippen LogP contribution in [0, 0.1) is 0 Å². The van der Waals surface area contributed by atoms with E-state index in [1.54, 1.807) is 0 Å². The molecule has 332 valence electrons. The van der Waals surface area contributed by atoms with Gasteiger partial charge in [0.25, 0.3) is 0 Å². The molecule has 0 fully saturated rings. The van der Waals surface area contributed by atoms with Gasteiger partial charge in [-0.1, -0.05) is 0 Å². The summed E-state index contributed by atoms with van der Waals surface area (Å²) in [4.78, 5) is 65.3. The number of phenols is 10. The quantitative estimate of drug-likeness (QED) is 0.0745. The average molecular weight is 889 g/mol. The Kier molecular flexibility index (Phi) is 10.9. The summed E-state index contributed by atoms with van der Waals surface area (Å²) in [6.45, 7) is 0. The van der Waals surface area contributed by atoms with Crippen LogP contribution in [0.4, 0.5) is 0 Å². The fraction of sp³-hybridized carbons (Fsp3) is 0.167. The Balaban J connectivity index is 1.44. The number of carbonyl (C=O) groups is 4. The van der Waals surface area contributed by atoms with E-state index in [9.17, 15) is 90.4 Å². The highest BCUT2D eigenvalue weighted by atomic mass is 16.6. The van der Waals surface area contributed by atoms with Crippen molar-refractivity contribution in [1.29, 1.82) is 0 Å². The molecule has 0 amide bonds. The average Bonchev–Trinajstić information content (AvgIpc) is 3.35. The summed E-state index contributed by atoms with van der Waals surface area (Å²) >= 11 is 0. The van der Waals surface area contributed by atoms with Gasteiger partial charge in [-0.05, 0) is 47.9 Å². The van der Waals surface area contributed by atoms with E-state index < -0.39 is 175 Å². The number of aromatic hydroxyl groups is 11. The molecular formula is C42H32O22. The van der Waals surface area contributed by atoms with Crippen LogP contribution in [0.2, 0.25) is 0 Å². The maximum absolute atomic E-state index is 13.9. The lowest BCUT2D eigenvalue weighted by molar-refractivity contribution is -0.138. The van der Waals surface area contributed by atoms with E-state index in [0.29, 0.717) is 12.1 Å². The molecule has 0 unspecified atom stereocenters. The number of hydrogen-bond acceptors (Lipinski definition) is 20. The summed E-state index contributed by atoms with van der Waals surface area (Å²) in [5, 5.41) is 133. The molecule has 2 aliphatic heterocycles. The maximum atomic E-state index is 13.9. The number of carboxylic acid groups (broad SMARTS) is 2. The zero-order valence-electron chi connectivity index (χ0n) is 32.1. The molecule has 5 aromatic carbocycles. The van der Waals surface area contributed by atoms with Crippen LogP contribution in [-0.2, 0) is 30.2 Å². The van der Waals surface area contributed by atoms with Crippen molar-refractivity contribution in [2.75, 3.05) is 0 Å². The topological polar surface area (TPSA) is 385 Å². The lowest BCUT2D eigenvalue weighted by atomic mass is 9.89. The molecular weight excluding hydrogens is 856 g/mol. The lowest BCUT2D eigenvalue weighted by Crippen LogP contribution is -2.35. The van der Waals surface area contributed by atoms with Crippen LogP contribution in [-0.4, -0.2) is 102 Å². The number of benzene rings is 4. The van der Waals surface area contributed by atoms with Crippen molar-refractivity contribution in [2.24, 2.45) is 0 Å². The highest BCUT2D eigenvalue weighted by molar-refractivity contribution is 5.95. The van der Waals surface area contributed by atoms with Gasteiger partial charge in [0, 0.05) is 41.7 Å². The molecule has 0 bridgehead atoms. The van der Waals surface area contributed by atoms with Crippen molar-refractivity contribution >= 4 is 34.6 Å². The number of aliphatic carboxylic acids is 2.